The van der Waals surface area contributed by atoms with Crippen molar-refractivity contribution in [3.63, 3.8) is 0 Å². The average Bonchev–Trinajstić information content (AvgIpc) is 2.46. The largest absolute Gasteiger partial charge is 0.152 e. The van der Waals surface area contributed by atoms with Crippen LogP contribution in [0.5, 0.6) is 0 Å². The summed E-state index contributed by atoms with van der Waals surface area (Å²) in [7, 11) is 0. The van der Waals surface area contributed by atoms with Gasteiger partial charge >= 0.3 is 0 Å². The molecule has 0 aliphatic heterocycles. The van der Waals surface area contributed by atoms with Gasteiger partial charge in [-0.15, -0.1) is 0 Å². The molecule has 0 fully saturated rings. The van der Waals surface area contributed by atoms with Crippen LogP contribution in [0.1, 0.15) is 70.7 Å². The van der Waals surface area contributed by atoms with Crippen molar-refractivity contribution in [3.8, 4) is 0 Å². The van der Waals surface area contributed by atoms with E-state index in [2.05, 4.69) is 104 Å². The minimum absolute atomic E-state index is 0.185. The monoisotopic (exact) mass is 307 g/mol. The third-order valence-electron chi connectivity index (χ3n) is 4.78. The van der Waals surface area contributed by atoms with Gasteiger partial charge in [-0.1, -0.05) is 90.1 Å². The van der Waals surface area contributed by atoms with E-state index in [1.807, 2.05) is 0 Å². The molecule has 0 spiro atoms. The van der Waals surface area contributed by atoms with E-state index in [1.165, 1.54) is 22.3 Å². The highest BCUT2D eigenvalue weighted by molar-refractivity contribution is 5.43. The molecule has 0 amide bonds. The van der Waals surface area contributed by atoms with Gasteiger partial charge in [0.25, 0.3) is 0 Å². The normalized spacial score (nSPS) is 13.2. The van der Waals surface area contributed by atoms with E-state index < -0.39 is 0 Å². The molecule has 122 valence electrons. The van der Waals surface area contributed by atoms with Crippen molar-refractivity contribution in [2.24, 2.45) is 0 Å². The van der Waals surface area contributed by atoms with Gasteiger partial charge in [0.05, 0.1) is 6.92 Å². The van der Waals surface area contributed by atoms with Gasteiger partial charge in [-0.25, -0.2) is 0 Å². The lowest BCUT2D eigenvalue weighted by molar-refractivity contribution is 0.587. The quantitative estimate of drug-likeness (QED) is 0.561. The Morgan fingerprint density at radius 3 is 0.913 bits per heavy atom. The van der Waals surface area contributed by atoms with Gasteiger partial charge in [0.2, 0.25) is 0 Å². The van der Waals surface area contributed by atoms with Crippen molar-refractivity contribution < 1.29 is 0 Å². The highest BCUT2D eigenvalue weighted by Crippen LogP contribution is 2.34. The first-order valence-corrected chi connectivity index (χ1v) is 8.50. The van der Waals surface area contributed by atoms with E-state index >= 15 is 0 Å². The second-order valence-corrected chi connectivity index (χ2v) is 8.99. The molecule has 0 nitrogen and oxygen atoms in total. The summed E-state index contributed by atoms with van der Waals surface area (Å²) >= 11 is 0. The maximum Gasteiger partial charge on any atom is 0.152 e. The molecule has 0 saturated carbocycles. The van der Waals surface area contributed by atoms with E-state index in [9.17, 15) is 0 Å². The lowest BCUT2D eigenvalue weighted by atomic mass is 9.75. The van der Waals surface area contributed by atoms with Crippen molar-refractivity contribution >= 4 is 0 Å². The van der Waals surface area contributed by atoms with Gasteiger partial charge < -0.3 is 0 Å². The molecule has 0 atom stereocenters. The summed E-state index contributed by atoms with van der Waals surface area (Å²) in [5.41, 5.74) is 5.38. The van der Waals surface area contributed by atoms with Gasteiger partial charge in [-0.05, 0) is 28.9 Å². The van der Waals surface area contributed by atoms with Crippen molar-refractivity contribution in [3.05, 3.63) is 77.7 Å². The summed E-state index contributed by atoms with van der Waals surface area (Å²) in [6.45, 7) is 20.2. The van der Waals surface area contributed by atoms with Crippen LogP contribution in [0.15, 0.2) is 48.5 Å². The smallest absolute Gasteiger partial charge is 0.0580 e. The lowest BCUT2D eigenvalue weighted by Crippen LogP contribution is -2.20. The molecule has 0 aliphatic carbocycles. The summed E-state index contributed by atoms with van der Waals surface area (Å²) in [4.78, 5) is 0. The Morgan fingerprint density at radius 1 is 0.478 bits per heavy atom. The summed E-state index contributed by atoms with van der Waals surface area (Å²) < 4.78 is 0. The molecule has 0 aliphatic rings. The average molecular weight is 308 g/mol. The minimum atomic E-state index is -0.229. The fourth-order valence-electron chi connectivity index (χ4n) is 2.84. The Kier molecular flexibility index (Phi) is 4.41. The summed E-state index contributed by atoms with van der Waals surface area (Å²) in [5, 5.41) is 0. The third kappa shape index (κ3) is 3.80. The third-order valence-corrected chi connectivity index (χ3v) is 4.78. The topological polar surface area (TPSA) is 0 Å². The predicted octanol–water partition coefficient (Wildman–Crippen LogP) is 6.42. The fourth-order valence-corrected chi connectivity index (χ4v) is 2.84. The Labute approximate surface area is 143 Å². The van der Waals surface area contributed by atoms with E-state index in [4.69, 9.17) is 0 Å². The molecular weight excluding hydrogens is 276 g/mol. The second kappa shape index (κ2) is 5.74. The first-order chi connectivity index (χ1) is 10.4. The lowest BCUT2D eigenvalue weighted by Gasteiger charge is -2.24. The van der Waals surface area contributed by atoms with E-state index in [1.54, 1.807) is 0 Å². The second-order valence-electron chi connectivity index (χ2n) is 8.99. The van der Waals surface area contributed by atoms with Crippen molar-refractivity contribution in [1.29, 1.82) is 0 Å². The number of benzene rings is 2. The van der Waals surface area contributed by atoms with Crippen LogP contribution in [0.4, 0.5) is 0 Å². The van der Waals surface area contributed by atoms with E-state index in [-0.39, 0.29) is 16.2 Å². The number of hydrogen-bond acceptors (Lipinski definition) is 0. The molecule has 0 radical (unpaired) electrons. The number of rotatable bonds is 2. The van der Waals surface area contributed by atoms with Crippen molar-refractivity contribution in [2.75, 3.05) is 0 Å². The minimum Gasteiger partial charge on any atom is -0.0580 e. The van der Waals surface area contributed by atoms with Crippen molar-refractivity contribution in [2.45, 2.75) is 64.7 Å². The molecule has 0 heteroatoms. The Balaban J connectivity index is 2.34. The first kappa shape index (κ1) is 17.7. The predicted molar refractivity (Wildman–Crippen MR) is 102 cm³/mol. The SMILES string of the molecule is [CH2+]C(C)(c1ccc(C(C)(C)C)cc1)c1ccc(C(C)(C)C)cc1. The van der Waals surface area contributed by atoms with Gasteiger partial charge in [0, 0.05) is 11.1 Å². The van der Waals surface area contributed by atoms with Crippen LogP contribution in [0.3, 0.4) is 0 Å². The molecule has 0 saturated heterocycles. The Morgan fingerprint density at radius 2 is 0.696 bits per heavy atom. The zero-order chi connectivity index (χ0) is 17.5. The summed E-state index contributed by atoms with van der Waals surface area (Å²) in [6.07, 6.45) is 0. The van der Waals surface area contributed by atoms with E-state index in [0.29, 0.717) is 0 Å². The molecule has 0 aromatic heterocycles. The standard InChI is InChI=1S/C23H31/c1-21(2,3)17-9-13-19(14-10-17)23(7,8)20-15-11-18(12-16-20)22(4,5)6/h9-16H,7H2,1-6,8H3/q+1. The summed E-state index contributed by atoms with van der Waals surface area (Å²) in [5.74, 6) is 0. The zero-order valence-electron chi connectivity index (χ0n) is 15.8. The summed E-state index contributed by atoms with van der Waals surface area (Å²) in [6, 6.07) is 17.9. The molecule has 0 unspecified atom stereocenters. The van der Waals surface area contributed by atoms with Crippen LogP contribution in [0.2, 0.25) is 0 Å². The zero-order valence-corrected chi connectivity index (χ0v) is 15.8. The molecule has 2 aromatic carbocycles. The fraction of sp³-hybridized carbons (Fsp3) is 0.435. The highest BCUT2D eigenvalue weighted by atomic mass is 14.3. The Bertz CT molecular complexity index is 582. The number of hydrogen-bond donors (Lipinski definition) is 0. The van der Waals surface area contributed by atoms with Gasteiger partial charge in [-0.3, -0.25) is 0 Å². The van der Waals surface area contributed by atoms with E-state index in [0.717, 1.165) is 0 Å². The van der Waals surface area contributed by atoms with Crippen LogP contribution in [-0.4, -0.2) is 0 Å². The van der Waals surface area contributed by atoms with Gasteiger partial charge in [-0.2, -0.15) is 0 Å². The van der Waals surface area contributed by atoms with Crippen molar-refractivity contribution in [1.82, 2.24) is 0 Å². The van der Waals surface area contributed by atoms with Crippen LogP contribution in [0, 0.1) is 6.92 Å². The first-order valence-electron chi connectivity index (χ1n) is 8.50. The molecule has 23 heavy (non-hydrogen) atoms. The molecule has 2 rings (SSSR count). The highest BCUT2D eigenvalue weighted by Gasteiger charge is 2.31. The molecule has 0 heterocycles. The molecular formula is C23H31+. The van der Waals surface area contributed by atoms with Crippen LogP contribution in [0.25, 0.3) is 0 Å². The van der Waals surface area contributed by atoms with Crippen LogP contribution in [-0.2, 0) is 16.2 Å². The Hall–Kier alpha value is -1.69. The van der Waals surface area contributed by atoms with Crippen LogP contribution < -0.4 is 0 Å². The van der Waals surface area contributed by atoms with Gasteiger partial charge in [0.15, 0.2) is 5.41 Å². The van der Waals surface area contributed by atoms with Gasteiger partial charge in [0.1, 0.15) is 0 Å². The maximum atomic E-state index is 4.49. The maximum absolute atomic E-state index is 4.49. The molecule has 0 N–H and O–H groups in total. The molecule has 0 bridgehead atoms. The van der Waals surface area contributed by atoms with Crippen LogP contribution >= 0.6 is 0 Å². The molecule has 2 aromatic rings.